The van der Waals surface area contributed by atoms with Crippen molar-refractivity contribution in [3.63, 3.8) is 0 Å². The average Bonchev–Trinajstić information content (AvgIpc) is 2.94. The van der Waals surface area contributed by atoms with Crippen molar-refractivity contribution in [3.8, 4) is 5.69 Å². The van der Waals surface area contributed by atoms with Gasteiger partial charge >= 0.3 is 5.97 Å². The first kappa shape index (κ1) is 14.0. The van der Waals surface area contributed by atoms with E-state index in [0.717, 1.165) is 28.4 Å². The highest BCUT2D eigenvalue weighted by atomic mass is 16.5. The van der Waals surface area contributed by atoms with Gasteiger partial charge < -0.3 is 9.53 Å². The normalized spacial score (nSPS) is 10.6. The summed E-state index contributed by atoms with van der Waals surface area (Å²) < 4.78 is 6.49. The number of carbonyl (C=O) groups is 2. The molecule has 0 amide bonds. The summed E-state index contributed by atoms with van der Waals surface area (Å²) in [7, 11) is 1.33. The van der Waals surface area contributed by atoms with Crippen LogP contribution in [0.1, 0.15) is 16.1 Å². The molecule has 5 nitrogen and oxygen atoms in total. The summed E-state index contributed by atoms with van der Waals surface area (Å²) in [4.78, 5) is 22.6. The predicted molar refractivity (Wildman–Crippen MR) is 82.2 cm³/mol. The summed E-state index contributed by atoms with van der Waals surface area (Å²) in [6.45, 7) is 0. The highest BCUT2D eigenvalue weighted by molar-refractivity contribution is 6.02. The first-order valence-corrected chi connectivity index (χ1v) is 6.83. The van der Waals surface area contributed by atoms with Gasteiger partial charge in [-0.2, -0.15) is 5.10 Å². The standard InChI is InChI=1S/C17H14N2O3/c1-22-17(21)16-14-7-2-3-8-15(14)19(18-16)13-6-4-5-12(11-13)9-10-20/h2-8,10-11H,9H2,1H3. The minimum absolute atomic E-state index is 0.277. The van der Waals surface area contributed by atoms with E-state index in [1.807, 2.05) is 48.5 Å². The molecule has 0 aliphatic rings. The zero-order chi connectivity index (χ0) is 15.5. The van der Waals surface area contributed by atoms with Crippen LogP contribution in [0.4, 0.5) is 0 Å². The fourth-order valence-corrected chi connectivity index (χ4v) is 2.42. The van der Waals surface area contributed by atoms with Gasteiger partial charge in [-0.1, -0.05) is 30.3 Å². The van der Waals surface area contributed by atoms with Crippen LogP contribution in [0, 0.1) is 0 Å². The third-order valence-corrected chi connectivity index (χ3v) is 3.44. The Balaban J connectivity index is 2.21. The number of ether oxygens (including phenoxy) is 1. The summed E-state index contributed by atoms with van der Waals surface area (Å²) in [6.07, 6.45) is 1.21. The van der Waals surface area contributed by atoms with Gasteiger partial charge in [0, 0.05) is 11.8 Å². The third kappa shape index (κ3) is 2.37. The highest BCUT2D eigenvalue weighted by Gasteiger charge is 2.18. The van der Waals surface area contributed by atoms with Crippen molar-refractivity contribution in [1.29, 1.82) is 0 Å². The molecule has 0 fully saturated rings. The van der Waals surface area contributed by atoms with Crippen molar-refractivity contribution < 1.29 is 14.3 Å². The van der Waals surface area contributed by atoms with E-state index in [9.17, 15) is 9.59 Å². The van der Waals surface area contributed by atoms with Gasteiger partial charge in [0.05, 0.1) is 18.3 Å². The van der Waals surface area contributed by atoms with Gasteiger partial charge in [0.2, 0.25) is 0 Å². The smallest absolute Gasteiger partial charge is 0.359 e. The fourth-order valence-electron chi connectivity index (χ4n) is 2.42. The van der Waals surface area contributed by atoms with Crippen LogP contribution in [0.3, 0.4) is 0 Å². The number of nitrogens with zero attached hydrogens (tertiary/aromatic N) is 2. The monoisotopic (exact) mass is 294 g/mol. The maximum atomic E-state index is 11.9. The molecule has 0 saturated carbocycles. The van der Waals surface area contributed by atoms with E-state index in [1.165, 1.54) is 7.11 Å². The average molecular weight is 294 g/mol. The van der Waals surface area contributed by atoms with Crippen LogP contribution in [0.2, 0.25) is 0 Å². The molecule has 5 heteroatoms. The van der Waals surface area contributed by atoms with Crippen LogP contribution in [0.15, 0.2) is 48.5 Å². The van der Waals surface area contributed by atoms with Crippen molar-refractivity contribution in [2.45, 2.75) is 6.42 Å². The Kier molecular flexibility index (Phi) is 3.70. The van der Waals surface area contributed by atoms with Crippen LogP contribution < -0.4 is 0 Å². The zero-order valence-corrected chi connectivity index (χ0v) is 12.0. The van der Waals surface area contributed by atoms with Crippen molar-refractivity contribution in [2.24, 2.45) is 0 Å². The lowest BCUT2D eigenvalue weighted by Gasteiger charge is -2.05. The molecule has 0 saturated heterocycles. The summed E-state index contributed by atoms with van der Waals surface area (Å²) >= 11 is 0. The molecule has 0 aliphatic carbocycles. The molecular weight excluding hydrogens is 280 g/mol. The second-order valence-electron chi connectivity index (χ2n) is 4.81. The minimum atomic E-state index is -0.473. The Morgan fingerprint density at radius 1 is 1.23 bits per heavy atom. The summed E-state index contributed by atoms with van der Waals surface area (Å²) in [5, 5.41) is 5.12. The molecule has 1 heterocycles. The first-order valence-electron chi connectivity index (χ1n) is 6.83. The quantitative estimate of drug-likeness (QED) is 0.548. The van der Waals surface area contributed by atoms with E-state index in [4.69, 9.17) is 4.74 Å². The number of esters is 1. The molecule has 0 unspecified atom stereocenters. The van der Waals surface area contributed by atoms with E-state index in [1.54, 1.807) is 4.68 Å². The number of benzene rings is 2. The minimum Gasteiger partial charge on any atom is -0.464 e. The van der Waals surface area contributed by atoms with Crippen LogP contribution in [0.25, 0.3) is 16.6 Å². The lowest BCUT2D eigenvalue weighted by Crippen LogP contribution is -2.04. The lowest BCUT2D eigenvalue weighted by molar-refractivity contribution is -0.107. The summed E-state index contributed by atoms with van der Waals surface area (Å²) in [5.74, 6) is -0.473. The second kappa shape index (κ2) is 5.81. The van der Waals surface area contributed by atoms with E-state index >= 15 is 0 Å². The van der Waals surface area contributed by atoms with Gasteiger partial charge in [-0.25, -0.2) is 9.48 Å². The van der Waals surface area contributed by atoms with Gasteiger partial charge in [0.15, 0.2) is 5.69 Å². The van der Waals surface area contributed by atoms with Crippen molar-refractivity contribution in [1.82, 2.24) is 9.78 Å². The van der Waals surface area contributed by atoms with Crippen molar-refractivity contribution in [2.75, 3.05) is 7.11 Å². The number of aldehydes is 1. The van der Waals surface area contributed by atoms with Gasteiger partial charge in [-0.15, -0.1) is 0 Å². The number of rotatable bonds is 4. The van der Waals surface area contributed by atoms with Crippen LogP contribution in [0.5, 0.6) is 0 Å². The van der Waals surface area contributed by atoms with Gasteiger partial charge in [-0.05, 0) is 23.8 Å². The van der Waals surface area contributed by atoms with E-state index in [-0.39, 0.29) is 5.69 Å². The Bertz CT molecular complexity index is 852. The molecule has 0 aliphatic heterocycles. The Hall–Kier alpha value is -2.95. The van der Waals surface area contributed by atoms with Crippen molar-refractivity contribution in [3.05, 3.63) is 59.8 Å². The SMILES string of the molecule is COC(=O)c1nn(-c2cccc(CC=O)c2)c2ccccc12. The second-order valence-corrected chi connectivity index (χ2v) is 4.81. The topological polar surface area (TPSA) is 61.2 Å². The summed E-state index contributed by atoms with van der Waals surface area (Å²) in [5.41, 5.74) is 2.78. The van der Waals surface area contributed by atoms with Crippen LogP contribution in [-0.2, 0) is 16.0 Å². The van der Waals surface area contributed by atoms with Crippen LogP contribution >= 0.6 is 0 Å². The third-order valence-electron chi connectivity index (χ3n) is 3.44. The molecule has 0 atom stereocenters. The molecule has 3 rings (SSSR count). The van der Waals surface area contributed by atoms with E-state index in [0.29, 0.717) is 6.42 Å². The van der Waals surface area contributed by atoms with Gasteiger partial charge in [0.1, 0.15) is 6.29 Å². The molecule has 0 bridgehead atoms. The lowest BCUT2D eigenvalue weighted by atomic mass is 10.1. The molecule has 22 heavy (non-hydrogen) atoms. The van der Waals surface area contributed by atoms with Gasteiger partial charge in [0.25, 0.3) is 0 Å². The van der Waals surface area contributed by atoms with E-state index in [2.05, 4.69) is 5.10 Å². The zero-order valence-electron chi connectivity index (χ0n) is 12.0. The largest absolute Gasteiger partial charge is 0.464 e. The maximum Gasteiger partial charge on any atom is 0.359 e. The first-order chi connectivity index (χ1) is 10.7. The number of carbonyl (C=O) groups excluding carboxylic acids is 2. The van der Waals surface area contributed by atoms with E-state index < -0.39 is 5.97 Å². The Morgan fingerprint density at radius 3 is 2.82 bits per heavy atom. The molecule has 1 aromatic heterocycles. The molecular formula is C17H14N2O3. The predicted octanol–water partition coefficient (Wildman–Crippen LogP) is 2.55. The fraction of sp³-hybridized carbons (Fsp3) is 0.118. The maximum absolute atomic E-state index is 11.9. The van der Waals surface area contributed by atoms with Crippen LogP contribution in [-0.4, -0.2) is 29.1 Å². The Morgan fingerprint density at radius 2 is 2.05 bits per heavy atom. The number of hydrogen-bond donors (Lipinski definition) is 0. The number of hydrogen-bond acceptors (Lipinski definition) is 4. The van der Waals surface area contributed by atoms with Crippen molar-refractivity contribution >= 4 is 23.2 Å². The number of aromatic nitrogens is 2. The number of methoxy groups -OCH3 is 1. The molecule has 0 spiro atoms. The molecule has 110 valence electrons. The van der Waals surface area contributed by atoms with Gasteiger partial charge in [-0.3, -0.25) is 0 Å². The molecule has 3 aromatic rings. The molecule has 0 radical (unpaired) electrons. The molecule has 2 aromatic carbocycles. The number of para-hydroxylation sites is 1. The molecule has 0 N–H and O–H groups in total. The summed E-state index contributed by atoms with van der Waals surface area (Å²) in [6, 6.07) is 15.0. The highest BCUT2D eigenvalue weighted by Crippen LogP contribution is 2.23. The Labute approximate surface area is 127 Å². The number of fused-ring (bicyclic) bond motifs is 1.